The molecular formula is C15H23Cl2N3O. The van der Waals surface area contributed by atoms with Crippen LogP contribution in [-0.4, -0.2) is 29.7 Å². The van der Waals surface area contributed by atoms with Gasteiger partial charge in [0.1, 0.15) is 0 Å². The van der Waals surface area contributed by atoms with Gasteiger partial charge in [-0.2, -0.15) is 0 Å². The number of hydrogen-bond acceptors (Lipinski definition) is 2. The van der Waals surface area contributed by atoms with Gasteiger partial charge in [0.25, 0.3) is 0 Å². The van der Waals surface area contributed by atoms with Gasteiger partial charge in [-0.15, -0.1) is 24.8 Å². The zero-order valence-electron chi connectivity index (χ0n) is 12.2. The standard InChI is InChI=1S/C15H21N3O.2ClH/c1-11(16)18-8-6-14(7-9-18)13-4-2-12(3-5-13)10-15(17)19;;/h2-5,14,16H,6-10H2,1H3,(H2,17,19);2*1H. The van der Waals surface area contributed by atoms with Gasteiger partial charge in [-0.25, -0.2) is 0 Å². The third-order valence-electron chi connectivity index (χ3n) is 3.80. The van der Waals surface area contributed by atoms with Gasteiger partial charge in [-0.05, 0) is 36.8 Å². The minimum atomic E-state index is -0.289. The van der Waals surface area contributed by atoms with Crippen molar-refractivity contribution in [2.24, 2.45) is 5.73 Å². The normalized spacial score (nSPS) is 14.8. The van der Waals surface area contributed by atoms with Gasteiger partial charge < -0.3 is 10.6 Å². The molecule has 4 nitrogen and oxygen atoms in total. The van der Waals surface area contributed by atoms with Crippen molar-refractivity contribution in [3.63, 3.8) is 0 Å². The number of carbonyl (C=O) groups excluding carboxylic acids is 1. The summed E-state index contributed by atoms with van der Waals surface area (Å²) in [7, 11) is 0. The van der Waals surface area contributed by atoms with Gasteiger partial charge in [-0.3, -0.25) is 10.2 Å². The number of nitrogens with one attached hydrogen (secondary N) is 1. The van der Waals surface area contributed by atoms with E-state index in [0.717, 1.165) is 31.5 Å². The Morgan fingerprint density at radius 2 is 1.76 bits per heavy atom. The van der Waals surface area contributed by atoms with Crippen LogP contribution in [0.1, 0.15) is 36.8 Å². The lowest BCUT2D eigenvalue weighted by Crippen LogP contribution is -2.35. The zero-order valence-corrected chi connectivity index (χ0v) is 13.8. The fourth-order valence-corrected chi connectivity index (χ4v) is 2.66. The number of hydrogen-bond donors (Lipinski definition) is 2. The van der Waals surface area contributed by atoms with Crippen LogP contribution in [0.4, 0.5) is 0 Å². The summed E-state index contributed by atoms with van der Waals surface area (Å²) in [6.45, 7) is 3.77. The Morgan fingerprint density at radius 3 is 2.19 bits per heavy atom. The molecule has 1 heterocycles. The van der Waals surface area contributed by atoms with Crippen LogP contribution in [0.3, 0.4) is 0 Å². The monoisotopic (exact) mass is 331 g/mol. The van der Waals surface area contributed by atoms with Crippen molar-refractivity contribution in [1.82, 2.24) is 4.90 Å². The second kappa shape index (κ2) is 8.90. The molecule has 0 aliphatic carbocycles. The van der Waals surface area contributed by atoms with Crippen LogP contribution in [0, 0.1) is 5.41 Å². The SMILES string of the molecule is CC(=N)N1CCC(c2ccc(CC(N)=O)cc2)CC1.Cl.Cl. The minimum Gasteiger partial charge on any atom is -0.369 e. The molecule has 0 radical (unpaired) electrons. The maximum atomic E-state index is 10.9. The average Bonchev–Trinajstić information content (AvgIpc) is 2.39. The summed E-state index contributed by atoms with van der Waals surface area (Å²) < 4.78 is 0. The van der Waals surface area contributed by atoms with Crippen LogP contribution in [0.2, 0.25) is 0 Å². The second-order valence-corrected chi connectivity index (χ2v) is 5.23. The van der Waals surface area contributed by atoms with E-state index in [0.29, 0.717) is 18.2 Å². The van der Waals surface area contributed by atoms with Crippen molar-refractivity contribution in [3.8, 4) is 0 Å². The highest BCUT2D eigenvalue weighted by atomic mass is 35.5. The van der Waals surface area contributed by atoms with Crippen molar-refractivity contribution in [2.75, 3.05) is 13.1 Å². The Balaban J connectivity index is 0.00000200. The molecule has 6 heteroatoms. The van der Waals surface area contributed by atoms with Crippen molar-refractivity contribution in [3.05, 3.63) is 35.4 Å². The summed E-state index contributed by atoms with van der Waals surface area (Å²) >= 11 is 0. The quantitative estimate of drug-likeness (QED) is 0.660. The number of nitrogens with two attached hydrogens (primary N) is 1. The molecule has 1 aromatic carbocycles. The van der Waals surface area contributed by atoms with Crippen LogP contribution >= 0.6 is 24.8 Å². The summed E-state index contributed by atoms with van der Waals surface area (Å²) in [5.41, 5.74) is 7.49. The number of rotatable bonds is 3. The van der Waals surface area contributed by atoms with E-state index in [2.05, 4.69) is 17.0 Å². The Kier molecular flexibility index (Phi) is 8.37. The topological polar surface area (TPSA) is 70.2 Å². The van der Waals surface area contributed by atoms with Crippen molar-refractivity contribution < 1.29 is 4.79 Å². The highest BCUT2D eigenvalue weighted by Gasteiger charge is 2.20. The number of benzene rings is 1. The van der Waals surface area contributed by atoms with E-state index in [4.69, 9.17) is 11.1 Å². The lowest BCUT2D eigenvalue weighted by Gasteiger charge is -2.33. The Labute approximate surface area is 138 Å². The molecule has 0 unspecified atom stereocenters. The predicted octanol–water partition coefficient (Wildman–Crippen LogP) is 2.73. The molecule has 2 rings (SSSR count). The maximum Gasteiger partial charge on any atom is 0.221 e. The number of piperidine rings is 1. The molecule has 0 atom stereocenters. The fraction of sp³-hybridized carbons (Fsp3) is 0.467. The van der Waals surface area contributed by atoms with Gasteiger partial charge in [0.05, 0.1) is 12.3 Å². The summed E-state index contributed by atoms with van der Waals surface area (Å²) in [6, 6.07) is 8.20. The lowest BCUT2D eigenvalue weighted by molar-refractivity contribution is -0.117. The minimum absolute atomic E-state index is 0. The third kappa shape index (κ3) is 5.56. The summed E-state index contributed by atoms with van der Waals surface area (Å²) in [4.78, 5) is 13.0. The van der Waals surface area contributed by atoms with Crippen LogP contribution in [0.5, 0.6) is 0 Å². The smallest absolute Gasteiger partial charge is 0.221 e. The number of amidine groups is 1. The molecular weight excluding hydrogens is 309 g/mol. The summed E-state index contributed by atoms with van der Waals surface area (Å²) in [6.07, 6.45) is 2.49. The molecule has 1 aliphatic heterocycles. The van der Waals surface area contributed by atoms with Gasteiger partial charge in [0.2, 0.25) is 5.91 Å². The van der Waals surface area contributed by atoms with Crippen molar-refractivity contribution in [1.29, 1.82) is 5.41 Å². The van der Waals surface area contributed by atoms with Gasteiger partial charge in [-0.1, -0.05) is 24.3 Å². The van der Waals surface area contributed by atoms with E-state index < -0.39 is 0 Å². The molecule has 1 aromatic rings. The van der Waals surface area contributed by atoms with Gasteiger partial charge >= 0.3 is 0 Å². The van der Waals surface area contributed by atoms with E-state index in [-0.39, 0.29) is 30.7 Å². The number of amides is 1. The first-order chi connectivity index (χ1) is 9.06. The molecule has 0 spiro atoms. The molecule has 3 N–H and O–H groups in total. The molecule has 21 heavy (non-hydrogen) atoms. The van der Waals surface area contributed by atoms with E-state index in [1.54, 1.807) is 0 Å². The average molecular weight is 332 g/mol. The first-order valence-corrected chi connectivity index (χ1v) is 6.73. The van der Waals surface area contributed by atoms with E-state index in [1.165, 1.54) is 5.56 Å². The molecule has 1 saturated heterocycles. The molecule has 1 aliphatic rings. The summed E-state index contributed by atoms with van der Waals surface area (Å²) in [5.74, 6) is 0.941. The molecule has 1 fully saturated rings. The van der Waals surface area contributed by atoms with Crippen LogP contribution < -0.4 is 5.73 Å². The Bertz CT molecular complexity index is 468. The molecule has 0 aromatic heterocycles. The highest BCUT2D eigenvalue weighted by Crippen LogP contribution is 2.28. The molecule has 0 bridgehead atoms. The van der Waals surface area contributed by atoms with Crippen molar-refractivity contribution in [2.45, 2.75) is 32.1 Å². The number of likely N-dealkylation sites (tertiary alicyclic amines) is 1. The summed E-state index contributed by atoms with van der Waals surface area (Å²) in [5, 5.41) is 7.63. The number of primary amides is 1. The highest BCUT2D eigenvalue weighted by molar-refractivity contribution is 5.85. The zero-order chi connectivity index (χ0) is 13.8. The third-order valence-corrected chi connectivity index (χ3v) is 3.80. The first kappa shape index (κ1) is 19.7. The van der Waals surface area contributed by atoms with Crippen molar-refractivity contribution >= 4 is 36.6 Å². The van der Waals surface area contributed by atoms with Crippen LogP contribution in [0.25, 0.3) is 0 Å². The van der Waals surface area contributed by atoms with E-state index in [1.807, 2.05) is 19.1 Å². The van der Waals surface area contributed by atoms with Crippen LogP contribution in [0.15, 0.2) is 24.3 Å². The number of carbonyl (C=O) groups is 1. The first-order valence-electron chi connectivity index (χ1n) is 6.73. The molecule has 0 saturated carbocycles. The predicted molar refractivity (Wildman–Crippen MR) is 90.8 cm³/mol. The second-order valence-electron chi connectivity index (χ2n) is 5.23. The van der Waals surface area contributed by atoms with Gasteiger partial charge in [0, 0.05) is 13.1 Å². The molecule has 118 valence electrons. The Hall–Kier alpha value is -1.26. The lowest BCUT2D eigenvalue weighted by atomic mass is 9.89. The van der Waals surface area contributed by atoms with E-state index in [9.17, 15) is 4.79 Å². The van der Waals surface area contributed by atoms with E-state index >= 15 is 0 Å². The maximum absolute atomic E-state index is 10.9. The largest absolute Gasteiger partial charge is 0.369 e. The van der Waals surface area contributed by atoms with Gasteiger partial charge in [0.15, 0.2) is 0 Å². The Morgan fingerprint density at radius 1 is 1.24 bits per heavy atom. The molecule has 1 amide bonds. The fourth-order valence-electron chi connectivity index (χ4n) is 2.66. The number of halogens is 2. The number of nitrogens with zero attached hydrogens (tertiary/aromatic N) is 1. The van der Waals surface area contributed by atoms with Crippen LogP contribution in [-0.2, 0) is 11.2 Å².